The van der Waals surface area contributed by atoms with E-state index in [-0.39, 0.29) is 17.1 Å². The van der Waals surface area contributed by atoms with E-state index < -0.39 is 0 Å². The Kier molecular flexibility index (Phi) is 6.58. The van der Waals surface area contributed by atoms with Crippen LogP contribution in [0, 0.1) is 0 Å². The van der Waals surface area contributed by atoms with Gasteiger partial charge in [0.2, 0.25) is 5.91 Å². The normalized spacial score (nSPS) is 11.8. The number of anilines is 1. The Labute approximate surface area is 151 Å². The van der Waals surface area contributed by atoms with Crippen LogP contribution < -0.4 is 5.32 Å². The van der Waals surface area contributed by atoms with E-state index in [9.17, 15) is 9.59 Å². The lowest BCUT2D eigenvalue weighted by Gasteiger charge is -2.21. The van der Waals surface area contributed by atoms with Crippen molar-refractivity contribution in [3.63, 3.8) is 0 Å². The molecule has 8 heteroatoms. The Morgan fingerprint density at radius 3 is 2.56 bits per heavy atom. The molecule has 0 saturated carbocycles. The largest absolute Gasteiger partial charge is 0.339 e. The van der Waals surface area contributed by atoms with Crippen LogP contribution in [0.5, 0.6) is 0 Å². The molecule has 25 heavy (non-hydrogen) atoms. The number of thioether (sulfide) groups is 1. The van der Waals surface area contributed by atoms with Gasteiger partial charge >= 0.3 is 0 Å². The second kappa shape index (κ2) is 8.66. The predicted molar refractivity (Wildman–Crippen MR) is 98.6 cm³/mol. The van der Waals surface area contributed by atoms with Crippen molar-refractivity contribution in [2.75, 3.05) is 18.4 Å². The first-order valence-electron chi connectivity index (χ1n) is 8.17. The zero-order chi connectivity index (χ0) is 18.4. The van der Waals surface area contributed by atoms with Gasteiger partial charge in [0.05, 0.1) is 16.5 Å². The maximum absolute atomic E-state index is 12.6. The molecule has 0 bridgehead atoms. The van der Waals surface area contributed by atoms with Crippen molar-refractivity contribution in [3.8, 4) is 0 Å². The van der Waals surface area contributed by atoms with Crippen LogP contribution in [-0.4, -0.2) is 49.8 Å². The van der Waals surface area contributed by atoms with Gasteiger partial charge in [0.1, 0.15) is 6.33 Å². The fourth-order valence-electron chi connectivity index (χ4n) is 2.29. The van der Waals surface area contributed by atoms with Gasteiger partial charge in [-0.3, -0.25) is 9.59 Å². The van der Waals surface area contributed by atoms with Gasteiger partial charge in [-0.25, -0.2) is 0 Å². The Balaban J connectivity index is 2.13. The maximum Gasteiger partial charge on any atom is 0.255 e. The smallest absolute Gasteiger partial charge is 0.255 e. The summed E-state index contributed by atoms with van der Waals surface area (Å²) >= 11 is 1.32. The lowest BCUT2D eigenvalue weighted by molar-refractivity contribution is -0.115. The summed E-state index contributed by atoms with van der Waals surface area (Å²) in [6, 6.07) is 7.07. The van der Waals surface area contributed by atoms with Crippen LogP contribution in [0.2, 0.25) is 0 Å². The predicted octanol–water partition coefficient (Wildman–Crippen LogP) is 2.42. The third-order valence-electron chi connectivity index (χ3n) is 3.79. The van der Waals surface area contributed by atoms with E-state index >= 15 is 0 Å². The molecule has 2 aromatic rings. The molecule has 1 atom stereocenters. The van der Waals surface area contributed by atoms with E-state index in [1.165, 1.54) is 11.8 Å². The average Bonchev–Trinajstić information content (AvgIpc) is 3.01. The van der Waals surface area contributed by atoms with E-state index in [0.717, 1.165) is 0 Å². The van der Waals surface area contributed by atoms with Crippen molar-refractivity contribution < 1.29 is 9.59 Å². The van der Waals surface area contributed by atoms with Gasteiger partial charge in [-0.1, -0.05) is 23.9 Å². The topological polar surface area (TPSA) is 80.1 Å². The van der Waals surface area contributed by atoms with Crippen LogP contribution >= 0.6 is 11.8 Å². The molecule has 2 amide bonds. The number of hydrogen-bond acceptors (Lipinski definition) is 5. The zero-order valence-corrected chi connectivity index (χ0v) is 15.7. The molecule has 1 aromatic heterocycles. The summed E-state index contributed by atoms with van der Waals surface area (Å²) in [7, 11) is 1.82. The van der Waals surface area contributed by atoms with Crippen molar-refractivity contribution in [2.24, 2.45) is 7.05 Å². The Morgan fingerprint density at radius 1 is 1.28 bits per heavy atom. The summed E-state index contributed by atoms with van der Waals surface area (Å²) in [4.78, 5) is 26.9. The van der Waals surface area contributed by atoms with Gasteiger partial charge in [-0.2, -0.15) is 0 Å². The van der Waals surface area contributed by atoms with Crippen LogP contribution in [0.25, 0.3) is 0 Å². The van der Waals surface area contributed by atoms with Crippen molar-refractivity contribution in [3.05, 3.63) is 36.2 Å². The van der Waals surface area contributed by atoms with E-state index in [1.54, 1.807) is 47.0 Å². The number of aryl methyl sites for hydroxylation is 1. The molecule has 0 radical (unpaired) electrons. The molecule has 134 valence electrons. The van der Waals surface area contributed by atoms with Crippen LogP contribution in [0.1, 0.15) is 31.1 Å². The molecule has 1 aromatic carbocycles. The first-order chi connectivity index (χ1) is 12.0. The number of hydrogen-bond donors (Lipinski definition) is 1. The number of nitrogens with zero attached hydrogens (tertiary/aromatic N) is 4. The number of nitrogens with one attached hydrogen (secondary N) is 1. The molecule has 0 fully saturated rings. The molecular weight excluding hydrogens is 338 g/mol. The molecule has 0 aliphatic heterocycles. The number of carbonyl (C=O) groups excluding carboxylic acids is 2. The standard InChI is InChI=1S/C17H23N5O2S/c1-5-22(6-2)16(24)13-9-7-8-10-14(13)19-15(23)12(3)25-17-20-18-11-21(17)4/h7-12H,5-6H2,1-4H3,(H,19,23). The summed E-state index contributed by atoms with van der Waals surface area (Å²) in [6.07, 6.45) is 1.59. The van der Waals surface area contributed by atoms with Crippen molar-refractivity contribution >= 4 is 29.3 Å². The second-order valence-electron chi connectivity index (χ2n) is 5.50. The Hall–Kier alpha value is -2.35. The van der Waals surface area contributed by atoms with Gasteiger partial charge in [0.25, 0.3) is 5.91 Å². The van der Waals surface area contributed by atoms with Crippen LogP contribution in [0.3, 0.4) is 0 Å². The van der Waals surface area contributed by atoms with Gasteiger partial charge in [0, 0.05) is 20.1 Å². The van der Waals surface area contributed by atoms with Crippen molar-refractivity contribution in [2.45, 2.75) is 31.2 Å². The highest BCUT2D eigenvalue weighted by atomic mass is 32.2. The van der Waals surface area contributed by atoms with Crippen molar-refractivity contribution in [1.29, 1.82) is 0 Å². The molecule has 1 heterocycles. The molecular formula is C17H23N5O2S. The Morgan fingerprint density at radius 2 is 1.96 bits per heavy atom. The van der Waals surface area contributed by atoms with E-state index in [0.29, 0.717) is 29.5 Å². The maximum atomic E-state index is 12.6. The number of amides is 2. The minimum absolute atomic E-state index is 0.0884. The highest BCUT2D eigenvalue weighted by Crippen LogP contribution is 2.23. The summed E-state index contributed by atoms with van der Waals surface area (Å²) in [5.74, 6) is -0.276. The van der Waals surface area contributed by atoms with Gasteiger partial charge in [-0.05, 0) is 32.9 Å². The average molecular weight is 361 g/mol. The minimum atomic E-state index is -0.375. The monoisotopic (exact) mass is 361 g/mol. The molecule has 0 spiro atoms. The van der Waals surface area contributed by atoms with Crippen LogP contribution in [0.15, 0.2) is 35.7 Å². The zero-order valence-electron chi connectivity index (χ0n) is 14.9. The SMILES string of the molecule is CCN(CC)C(=O)c1ccccc1NC(=O)C(C)Sc1nncn1C. The molecule has 2 rings (SSSR count). The van der Waals surface area contributed by atoms with Crippen molar-refractivity contribution in [1.82, 2.24) is 19.7 Å². The minimum Gasteiger partial charge on any atom is -0.339 e. The molecule has 0 aliphatic carbocycles. The number of benzene rings is 1. The summed E-state index contributed by atoms with van der Waals surface area (Å²) in [5, 5.41) is 10.9. The quantitative estimate of drug-likeness (QED) is 0.766. The fourth-order valence-corrected chi connectivity index (χ4v) is 3.07. The second-order valence-corrected chi connectivity index (χ2v) is 6.80. The third-order valence-corrected chi connectivity index (χ3v) is 4.94. The first kappa shape index (κ1) is 19.0. The Bertz CT molecular complexity index is 742. The molecule has 0 aliphatic rings. The van der Waals surface area contributed by atoms with Crippen LogP contribution in [0.4, 0.5) is 5.69 Å². The molecule has 1 unspecified atom stereocenters. The number of para-hydroxylation sites is 1. The van der Waals surface area contributed by atoms with E-state index in [4.69, 9.17) is 0 Å². The first-order valence-corrected chi connectivity index (χ1v) is 9.05. The lowest BCUT2D eigenvalue weighted by atomic mass is 10.1. The number of aromatic nitrogens is 3. The van der Waals surface area contributed by atoms with E-state index in [1.807, 2.05) is 20.9 Å². The van der Waals surface area contributed by atoms with Gasteiger partial charge in [0.15, 0.2) is 5.16 Å². The van der Waals surface area contributed by atoms with E-state index in [2.05, 4.69) is 15.5 Å². The van der Waals surface area contributed by atoms with Gasteiger partial charge in [-0.15, -0.1) is 10.2 Å². The highest BCUT2D eigenvalue weighted by molar-refractivity contribution is 8.00. The molecule has 7 nitrogen and oxygen atoms in total. The van der Waals surface area contributed by atoms with Gasteiger partial charge < -0.3 is 14.8 Å². The summed E-state index contributed by atoms with van der Waals surface area (Å²) in [5.41, 5.74) is 1.02. The number of rotatable bonds is 7. The summed E-state index contributed by atoms with van der Waals surface area (Å²) in [6.45, 7) is 6.90. The van der Waals surface area contributed by atoms with Crippen LogP contribution in [-0.2, 0) is 11.8 Å². The fraction of sp³-hybridized carbons (Fsp3) is 0.412. The molecule has 0 saturated heterocycles. The lowest BCUT2D eigenvalue weighted by Crippen LogP contribution is -2.32. The summed E-state index contributed by atoms with van der Waals surface area (Å²) < 4.78 is 1.76. The highest BCUT2D eigenvalue weighted by Gasteiger charge is 2.21. The third kappa shape index (κ3) is 4.60. The number of carbonyl (C=O) groups is 2. The molecule has 1 N–H and O–H groups in total.